The van der Waals surface area contributed by atoms with Crippen molar-refractivity contribution in [3.8, 4) is 0 Å². The Hall–Kier alpha value is -0.280. The summed E-state index contributed by atoms with van der Waals surface area (Å²) in [6, 6.07) is 0. The zero-order valence-electron chi connectivity index (χ0n) is 19.7. The summed E-state index contributed by atoms with van der Waals surface area (Å²) < 4.78 is 5.01. The predicted molar refractivity (Wildman–Crippen MR) is 130 cm³/mol. The average molecular weight is 429 g/mol. The van der Waals surface area contributed by atoms with Gasteiger partial charge in [-0.1, -0.05) is 12.8 Å². The number of hydrogen-bond donors (Lipinski definition) is 6. The van der Waals surface area contributed by atoms with Crippen LogP contribution < -0.4 is 31.9 Å². The number of ether oxygens (including phenoxy) is 1. The molecule has 7 heteroatoms. The second-order valence-electron chi connectivity index (χ2n) is 8.29. The van der Waals surface area contributed by atoms with Crippen LogP contribution in [-0.2, 0) is 4.74 Å². The van der Waals surface area contributed by atoms with E-state index in [9.17, 15) is 0 Å². The molecule has 6 rings (SSSR count). The van der Waals surface area contributed by atoms with Crippen LogP contribution in [0.2, 0.25) is 0 Å². The van der Waals surface area contributed by atoms with E-state index in [1.54, 1.807) is 0 Å². The van der Waals surface area contributed by atoms with E-state index < -0.39 is 0 Å². The highest BCUT2D eigenvalue weighted by Crippen LogP contribution is 1.97. The van der Waals surface area contributed by atoms with Gasteiger partial charge in [-0.2, -0.15) is 0 Å². The van der Waals surface area contributed by atoms with E-state index in [0.29, 0.717) is 0 Å². The van der Waals surface area contributed by atoms with Crippen molar-refractivity contribution < 1.29 is 4.74 Å². The molecule has 6 fully saturated rings. The standard InChI is InChI=1S/2C5H11N.C4H9NO.C4H9N.C3H7N.C2H5N/c2*1-2-4-6-5-3-1;1-3-6-4-2-5-1;1-2-4-5-3-1;1-2-4-3-1;1-2-3-1/h2*6H,1-5H2;5H,1-4H2;5H,1-4H2;4H,1-3H2;3H,1-2H2. The third kappa shape index (κ3) is 25.8. The fourth-order valence-electron chi connectivity index (χ4n) is 2.92. The summed E-state index contributed by atoms with van der Waals surface area (Å²) >= 11 is 0. The number of nitrogens with one attached hydrogen (secondary N) is 6. The van der Waals surface area contributed by atoms with Gasteiger partial charge in [0.15, 0.2) is 0 Å². The lowest BCUT2D eigenvalue weighted by atomic mass is 10.2. The monoisotopic (exact) mass is 428 g/mol. The summed E-state index contributed by atoms with van der Waals surface area (Å²) in [5.41, 5.74) is 0. The van der Waals surface area contributed by atoms with Crippen molar-refractivity contribution in [1.82, 2.24) is 31.9 Å². The molecule has 180 valence electrons. The van der Waals surface area contributed by atoms with Crippen LogP contribution in [0.4, 0.5) is 0 Å². The van der Waals surface area contributed by atoms with Gasteiger partial charge in [-0.15, -0.1) is 0 Å². The molecule has 0 aliphatic carbocycles. The molecule has 6 N–H and O–H groups in total. The predicted octanol–water partition coefficient (Wildman–Crippen LogP) is 1.07. The second kappa shape index (κ2) is 25.0. The fourth-order valence-corrected chi connectivity index (χ4v) is 2.92. The highest BCUT2D eigenvalue weighted by Gasteiger charge is 1.95. The van der Waals surface area contributed by atoms with Crippen LogP contribution in [0.3, 0.4) is 0 Å². The summed E-state index contributed by atoms with van der Waals surface area (Å²) in [7, 11) is 0. The molecule has 6 saturated heterocycles. The van der Waals surface area contributed by atoms with E-state index in [0.717, 1.165) is 26.3 Å². The molecule has 7 nitrogen and oxygen atoms in total. The molecular formula is C23H52N6O. The van der Waals surface area contributed by atoms with E-state index in [1.807, 2.05) is 0 Å². The number of rotatable bonds is 0. The van der Waals surface area contributed by atoms with Crippen LogP contribution >= 0.6 is 0 Å². The maximum Gasteiger partial charge on any atom is 0.0591 e. The van der Waals surface area contributed by atoms with Crippen molar-refractivity contribution >= 4 is 0 Å². The van der Waals surface area contributed by atoms with Crippen molar-refractivity contribution in [2.45, 2.75) is 57.8 Å². The van der Waals surface area contributed by atoms with Crippen LogP contribution in [0.15, 0.2) is 0 Å². The van der Waals surface area contributed by atoms with Gasteiger partial charge in [-0.25, -0.2) is 0 Å². The molecule has 6 heterocycles. The van der Waals surface area contributed by atoms with Crippen LogP contribution in [0, 0.1) is 0 Å². The minimum absolute atomic E-state index is 0.889. The fraction of sp³-hybridized carbons (Fsp3) is 1.00. The van der Waals surface area contributed by atoms with Crippen LogP contribution in [0.1, 0.15) is 57.8 Å². The zero-order chi connectivity index (χ0) is 21.2. The van der Waals surface area contributed by atoms with Crippen LogP contribution in [0.25, 0.3) is 0 Å². The molecule has 0 bridgehead atoms. The normalized spacial score (nSPS) is 24.0. The third-order valence-electron chi connectivity index (χ3n) is 5.17. The Morgan fingerprint density at radius 2 is 0.500 bits per heavy atom. The van der Waals surface area contributed by atoms with Crippen LogP contribution in [-0.4, -0.2) is 91.8 Å². The van der Waals surface area contributed by atoms with Gasteiger partial charge in [-0.05, 0) is 97.3 Å². The molecule has 0 amide bonds. The maximum absolute atomic E-state index is 5.01. The molecule has 0 aromatic rings. The lowest BCUT2D eigenvalue weighted by molar-refractivity contribution is 0.109. The van der Waals surface area contributed by atoms with E-state index in [4.69, 9.17) is 4.74 Å². The maximum atomic E-state index is 5.01. The molecule has 0 saturated carbocycles. The molecule has 0 radical (unpaired) electrons. The summed E-state index contributed by atoms with van der Waals surface area (Å²) in [5.74, 6) is 0. The van der Waals surface area contributed by atoms with E-state index in [-0.39, 0.29) is 0 Å². The van der Waals surface area contributed by atoms with Gasteiger partial charge >= 0.3 is 0 Å². The van der Waals surface area contributed by atoms with Gasteiger partial charge in [0.25, 0.3) is 0 Å². The molecular weight excluding hydrogens is 376 g/mol. The molecule has 6 aliphatic heterocycles. The van der Waals surface area contributed by atoms with Gasteiger partial charge in [0.1, 0.15) is 0 Å². The summed E-state index contributed by atoms with van der Waals surface area (Å²) in [6.45, 7) is 16.3. The van der Waals surface area contributed by atoms with Gasteiger partial charge in [0.05, 0.1) is 13.2 Å². The Labute approximate surface area is 186 Å². The van der Waals surface area contributed by atoms with E-state index in [2.05, 4.69) is 31.9 Å². The Bertz CT molecular complexity index is 223. The van der Waals surface area contributed by atoms with Gasteiger partial charge in [-0.3, -0.25) is 0 Å². The summed E-state index contributed by atoms with van der Waals surface area (Å²) in [5, 5.41) is 19.1. The van der Waals surface area contributed by atoms with E-state index in [1.165, 1.54) is 123 Å². The van der Waals surface area contributed by atoms with E-state index >= 15 is 0 Å². The highest BCUT2D eigenvalue weighted by atomic mass is 16.5. The lowest BCUT2D eigenvalue weighted by Gasteiger charge is -2.10. The SMILES string of the molecule is C1CCNC1.C1CCNCC1.C1CCNCC1.C1CN1.C1CNC1.C1COCCN1. The Kier molecular flexibility index (Phi) is 23.1. The first-order chi connectivity index (χ1) is 15.0. The molecule has 6 aliphatic rings. The summed E-state index contributed by atoms with van der Waals surface area (Å²) in [4.78, 5) is 0. The van der Waals surface area contributed by atoms with Gasteiger partial charge in [0, 0.05) is 26.2 Å². The summed E-state index contributed by atoms with van der Waals surface area (Å²) in [6.07, 6.45) is 12.6. The first-order valence-electron chi connectivity index (χ1n) is 12.8. The molecule has 0 atom stereocenters. The second-order valence-corrected chi connectivity index (χ2v) is 8.29. The van der Waals surface area contributed by atoms with Crippen molar-refractivity contribution in [3.63, 3.8) is 0 Å². The molecule has 30 heavy (non-hydrogen) atoms. The quantitative estimate of drug-likeness (QED) is 0.322. The van der Waals surface area contributed by atoms with Gasteiger partial charge in [0.2, 0.25) is 0 Å². The average Bonchev–Trinajstić information content (AvgIpc) is 3.57. The van der Waals surface area contributed by atoms with Crippen LogP contribution in [0.5, 0.6) is 0 Å². The number of morpholine rings is 1. The topological polar surface area (TPSA) is 91.3 Å². The molecule has 0 spiro atoms. The molecule has 0 unspecified atom stereocenters. The van der Waals surface area contributed by atoms with Crippen molar-refractivity contribution in [1.29, 1.82) is 0 Å². The Morgan fingerprint density at radius 3 is 0.600 bits per heavy atom. The molecule has 0 aromatic heterocycles. The molecule has 0 aromatic carbocycles. The largest absolute Gasteiger partial charge is 0.379 e. The lowest BCUT2D eigenvalue weighted by Crippen LogP contribution is -2.30. The van der Waals surface area contributed by atoms with Crippen molar-refractivity contribution in [2.75, 3.05) is 91.8 Å². The first-order valence-corrected chi connectivity index (χ1v) is 12.8. The number of hydrogen-bond acceptors (Lipinski definition) is 7. The Balaban J connectivity index is 0.000000182. The highest BCUT2D eigenvalue weighted by molar-refractivity contribution is 4.59. The number of piperidine rings is 2. The van der Waals surface area contributed by atoms with Gasteiger partial charge < -0.3 is 36.6 Å². The third-order valence-corrected chi connectivity index (χ3v) is 5.17. The zero-order valence-corrected chi connectivity index (χ0v) is 19.7. The van der Waals surface area contributed by atoms with Crippen molar-refractivity contribution in [2.24, 2.45) is 0 Å². The van der Waals surface area contributed by atoms with Crippen molar-refractivity contribution in [3.05, 3.63) is 0 Å². The Morgan fingerprint density at radius 1 is 0.267 bits per heavy atom. The minimum Gasteiger partial charge on any atom is -0.379 e. The minimum atomic E-state index is 0.889. The smallest absolute Gasteiger partial charge is 0.0591 e. The first kappa shape index (κ1) is 27.8.